The Morgan fingerprint density at radius 1 is 0.913 bits per heavy atom. The summed E-state index contributed by atoms with van der Waals surface area (Å²) in [6.45, 7) is 0. The average Bonchev–Trinajstić information content (AvgIpc) is 2.62. The van der Waals surface area contributed by atoms with E-state index in [0.29, 0.717) is 17.2 Å². The van der Waals surface area contributed by atoms with Crippen LogP contribution in [0.25, 0.3) is 12.2 Å². The van der Waals surface area contributed by atoms with Crippen LogP contribution in [0.2, 0.25) is 0 Å². The van der Waals surface area contributed by atoms with Gasteiger partial charge in [-0.3, -0.25) is 9.97 Å². The molecule has 0 saturated heterocycles. The van der Waals surface area contributed by atoms with Gasteiger partial charge in [0.2, 0.25) is 5.88 Å². The van der Waals surface area contributed by atoms with Gasteiger partial charge in [0.25, 0.3) is 0 Å². The molecule has 1 aromatic carbocycles. The van der Waals surface area contributed by atoms with Crippen molar-refractivity contribution in [3.8, 4) is 17.7 Å². The Balaban J connectivity index is 1.73. The van der Waals surface area contributed by atoms with Gasteiger partial charge in [-0.15, -0.1) is 0 Å². The highest BCUT2D eigenvalue weighted by atomic mass is 16.5. The molecule has 0 amide bonds. The van der Waals surface area contributed by atoms with Crippen molar-refractivity contribution in [1.29, 1.82) is 5.26 Å². The third-order valence-corrected chi connectivity index (χ3v) is 3.07. The Kier molecular flexibility index (Phi) is 4.36. The molecule has 110 valence electrons. The number of nitrogens with zero attached hydrogens (tertiary/aromatic N) is 4. The van der Waals surface area contributed by atoms with Crippen LogP contribution >= 0.6 is 0 Å². The zero-order valence-electron chi connectivity index (χ0n) is 12.1. The molecule has 3 rings (SSSR count). The molecule has 5 nitrogen and oxygen atoms in total. The van der Waals surface area contributed by atoms with E-state index in [2.05, 4.69) is 21.0 Å². The molecule has 0 aliphatic heterocycles. The smallest absolute Gasteiger partial charge is 0.237 e. The van der Waals surface area contributed by atoms with Gasteiger partial charge in [0.05, 0.1) is 11.8 Å². The highest BCUT2D eigenvalue weighted by Crippen LogP contribution is 2.20. The molecule has 0 atom stereocenters. The van der Waals surface area contributed by atoms with E-state index in [9.17, 15) is 0 Å². The predicted molar refractivity (Wildman–Crippen MR) is 86.4 cm³/mol. The monoisotopic (exact) mass is 300 g/mol. The third kappa shape index (κ3) is 3.77. The summed E-state index contributed by atoms with van der Waals surface area (Å²) >= 11 is 0. The van der Waals surface area contributed by atoms with Crippen LogP contribution in [0.15, 0.2) is 61.3 Å². The first kappa shape index (κ1) is 14.4. The van der Waals surface area contributed by atoms with Gasteiger partial charge in [0.1, 0.15) is 11.8 Å². The Morgan fingerprint density at radius 3 is 2.48 bits per heavy atom. The number of pyridine rings is 1. The summed E-state index contributed by atoms with van der Waals surface area (Å²) in [5.41, 5.74) is 2.38. The van der Waals surface area contributed by atoms with Crippen molar-refractivity contribution in [2.75, 3.05) is 0 Å². The minimum Gasteiger partial charge on any atom is -0.438 e. The summed E-state index contributed by atoms with van der Waals surface area (Å²) in [6.07, 6.45) is 11.8. The molecule has 2 heterocycles. The maximum atomic E-state index is 9.04. The molecule has 0 unspecified atom stereocenters. The highest BCUT2D eigenvalue weighted by Gasteiger charge is 1.99. The van der Waals surface area contributed by atoms with E-state index in [-0.39, 0.29) is 0 Å². The number of aromatic nitrogens is 3. The maximum Gasteiger partial charge on any atom is 0.237 e. The molecule has 2 aromatic heterocycles. The van der Waals surface area contributed by atoms with Crippen molar-refractivity contribution in [1.82, 2.24) is 15.0 Å². The summed E-state index contributed by atoms with van der Waals surface area (Å²) in [6, 6.07) is 11.5. The Bertz CT molecular complexity index is 852. The second-order valence-electron chi connectivity index (χ2n) is 4.62. The van der Waals surface area contributed by atoms with Crippen LogP contribution in [0.1, 0.15) is 16.7 Å². The van der Waals surface area contributed by atoms with E-state index in [4.69, 9.17) is 10.00 Å². The number of ether oxygens (including phenoxy) is 1. The number of hydrogen-bond acceptors (Lipinski definition) is 5. The number of benzene rings is 1. The van der Waals surface area contributed by atoms with Crippen LogP contribution in [0.5, 0.6) is 11.6 Å². The van der Waals surface area contributed by atoms with Crippen LogP contribution in [0, 0.1) is 11.3 Å². The van der Waals surface area contributed by atoms with E-state index in [1.54, 1.807) is 37.1 Å². The predicted octanol–water partition coefficient (Wildman–Crippen LogP) is 3.71. The highest BCUT2D eigenvalue weighted by molar-refractivity contribution is 5.72. The van der Waals surface area contributed by atoms with E-state index in [0.717, 1.165) is 11.1 Å². The molecular formula is C18H12N4O. The van der Waals surface area contributed by atoms with E-state index in [1.165, 1.54) is 0 Å². The first-order chi connectivity index (χ1) is 11.3. The summed E-state index contributed by atoms with van der Waals surface area (Å²) in [4.78, 5) is 11.9. The van der Waals surface area contributed by atoms with Crippen LogP contribution in [-0.4, -0.2) is 15.0 Å². The van der Waals surface area contributed by atoms with Gasteiger partial charge in [0, 0.05) is 24.8 Å². The molecule has 0 aliphatic carbocycles. The topological polar surface area (TPSA) is 71.7 Å². The molecule has 0 aliphatic rings. The zero-order valence-corrected chi connectivity index (χ0v) is 12.1. The lowest BCUT2D eigenvalue weighted by Gasteiger charge is -2.03. The number of nitriles is 1. The van der Waals surface area contributed by atoms with E-state index in [1.807, 2.05) is 36.4 Å². The van der Waals surface area contributed by atoms with Crippen molar-refractivity contribution in [2.45, 2.75) is 0 Å². The minimum absolute atomic E-state index is 0.450. The van der Waals surface area contributed by atoms with Gasteiger partial charge in [-0.1, -0.05) is 24.3 Å². The summed E-state index contributed by atoms with van der Waals surface area (Å²) in [5.74, 6) is 1.13. The quantitative estimate of drug-likeness (QED) is 0.734. The molecule has 3 aromatic rings. The van der Waals surface area contributed by atoms with Crippen molar-refractivity contribution in [3.05, 3.63) is 78.0 Å². The van der Waals surface area contributed by atoms with Crippen LogP contribution in [-0.2, 0) is 0 Å². The Labute approximate surface area is 133 Å². The SMILES string of the molecule is N#Cc1cnccc1C=Cc1ccc(Oc2cnccn2)cc1. The standard InChI is InChI=1S/C18H12N4O/c19-11-16-12-20-8-7-15(16)4-1-14-2-5-17(6-3-14)23-18-13-21-9-10-22-18/h1-10,12-13H. The number of rotatable bonds is 4. The molecule has 0 N–H and O–H groups in total. The average molecular weight is 300 g/mol. The third-order valence-electron chi connectivity index (χ3n) is 3.07. The normalized spacial score (nSPS) is 10.4. The molecule has 5 heteroatoms. The van der Waals surface area contributed by atoms with Gasteiger partial charge < -0.3 is 4.74 Å². The van der Waals surface area contributed by atoms with Gasteiger partial charge in [-0.2, -0.15) is 5.26 Å². The van der Waals surface area contributed by atoms with E-state index >= 15 is 0 Å². The lowest BCUT2D eigenvalue weighted by atomic mass is 10.1. The fourth-order valence-electron chi connectivity index (χ4n) is 1.94. The van der Waals surface area contributed by atoms with Crippen LogP contribution in [0.3, 0.4) is 0 Å². The maximum absolute atomic E-state index is 9.04. The Hall–Kier alpha value is -3.52. The second-order valence-corrected chi connectivity index (χ2v) is 4.62. The molecular weight excluding hydrogens is 288 g/mol. The summed E-state index contributed by atoms with van der Waals surface area (Å²) in [7, 11) is 0. The Morgan fingerprint density at radius 2 is 1.74 bits per heavy atom. The molecule has 0 bridgehead atoms. The first-order valence-electron chi connectivity index (χ1n) is 6.91. The first-order valence-corrected chi connectivity index (χ1v) is 6.91. The molecule has 0 fully saturated rings. The second kappa shape index (κ2) is 6.96. The van der Waals surface area contributed by atoms with Crippen molar-refractivity contribution in [2.24, 2.45) is 0 Å². The van der Waals surface area contributed by atoms with E-state index < -0.39 is 0 Å². The van der Waals surface area contributed by atoms with Crippen molar-refractivity contribution >= 4 is 12.2 Å². The van der Waals surface area contributed by atoms with Gasteiger partial charge in [-0.25, -0.2) is 4.98 Å². The fraction of sp³-hybridized carbons (Fsp3) is 0. The summed E-state index contributed by atoms with van der Waals surface area (Å²) < 4.78 is 5.58. The zero-order chi connectivity index (χ0) is 15.9. The van der Waals surface area contributed by atoms with Crippen molar-refractivity contribution < 1.29 is 4.74 Å². The summed E-state index contributed by atoms with van der Waals surface area (Å²) in [5, 5.41) is 9.04. The number of hydrogen-bond donors (Lipinski definition) is 0. The molecule has 23 heavy (non-hydrogen) atoms. The molecule has 0 radical (unpaired) electrons. The van der Waals surface area contributed by atoms with Crippen molar-refractivity contribution in [3.63, 3.8) is 0 Å². The van der Waals surface area contributed by atoms with Gasteiger partial charge in [0.15, 0.2) is 0 Å². The van der Waals surface area contributed by atoms with Crippen LogP contribution < -0.4 is 4.74 Å². The molecule has 0 spiro atoms. The van der Waals surface area contributed by atoms with Gasteiger partial charge >= 0.3 is 0 Å². The largest absolute Gasteiger partial charge is 0.438 e. The molecule has 0 saturated carbocycles. The minimum atomic E-state index is 0.450. The lowest BCUT2D eigenvalue weighted by molar-refractivity contribution is 0.460. The lowest BCUT2D eigenvalue weighted by Crippen LogP contribution is -1.88. The van der Waals surface area contributed by atoms with Gasteiger partial charge in [-0.05, 0) is 29.3 Å². The van der Waals surface area contributed by atoms with Crippen LogP contribution in [0.4, 0.5) is 0 Å². The fourth-order valence-corrected chi connectivity index (χ4v) is 1.94.